The Morgan fingerprint density at radius 3 is 2.83 bits per heavy atom. The Morgan fingerprint density at radius 1 is 1.61 bits per heavy atom. The average Bonchev–Trinajstić information content (AvgIpc) is 2.26. The van der Waals surface area contributed by atoms with Gasteiger partial charge >= 0.3 is 11.8 Å². The van der Waals surface area contributed by atoms with Crippen molar-refractivity contribution < 1.29 is 19.6 Å². The van der Waals surface area contributed by atoms with Crippen LogP contribution in [0.3, 0.4) is 0 Å². The third-order valence-electron chi connectivity index (χ3n) is 1.98. The third-order valence-corrected chi connectivity index (χ3v) is 1.98. The lowest BCUT2D eigenvalue weighted by molar-refractivity contribution is -0.390. The first-order valence-electron chi connectivity index (χ1n) is 5.05. The first kappa shape index (κ1) is 13.6. The fourth-order valence-corrected chi connectivity index (χ4v) is 1.22. The highest BCUT2D eigenvalue weighted by Crippen LogP contribution is 2.24. The highest BCUT2D eigenvalue weighted by atomic mass is 16.6. The van der Waals surface area contributed by atoms with Gasteiger partial charge in [0.15, 0.2) is 0 Å². The van der Waals surface area contributed by atoms with Crippen LogP contribution in [0.1, 0.15) is 12.6 Å². The molecule has 7 heteroatoms. The molecule has 0 bridgehead atoms. The summed E-state index contributed by atoms with van der Waals surface area (Å²) in [5, 5.41) is 19.3. The molecule has 0 saturated heterocycles. The summed E-state index contributed by atoms with van der Waals surface area (Å²) < 4.78 is 5.18. The Bertz CT molecular complexity index is 510. The Labute approximate surface area is 103 Å². The molecule has 1 heterocycles. The Kier molecular flexibility index (Phi) is 4.36. The maximum absolute atomic E-state index is 10.8. The van der Waals surface area contributed by atoms with Gasteiger partial charge in [-0.2, -0.15) is 0 Å². The van der Waals surface area contributed by atoms with Crippen LogP contribution in [-0.4, -0.2) is 27.6 Å². The fraction of sp³-hybridized carbons (Fsp3) is 0.273. The molecule has 1 N–H and O–H groups in total. The second-order valence-electron chi connectivity index (χ2n) is 3.65. The zero-order valence-corrected chi connectivity index (χ0v) is 9.91. The molecule has 0 spiro atoms. The normalized spacial score (nSPS) is 11.1. The molecule has 0 saturated carbocycles. The van der Waals surface area contributed by atoms with E-state index < -0.39 is 10.9 Å². The van der Waals surface area contributed by atoms with Gasteiger partial charge in [0, 0.05) is 13.0 Å². The molecular formula is C11H12N2O5. The van der Waals surface area contributed by atoms with E-state index in [1.54, 1.807) is 19.9 Å². The van der Waals surface area contributed by atoms with E-state index in [0.717, 1.165) is 6.08 Å². The number of carbonyl (C=O) groups is 1. The van der Waals surface area contributed by atoms with Gasteiger partial charge in [-0.3, -0.25) is 0 Å². The largest absolute Gasteiger partial charge is 0.481 e. The van der Waals surface area contributed by atoms with E-state index in [1.165, 1.54) is 6.07 Å². The number of rotatable bonds is 5. The molecule has 0 aliphatic carbocycles. The predicted octanol–water partition coefficient (Wildman–Crippen LogP) is 1.71. The Hall–Kier alpha value is -2.44. The summed E-state index contributed by atoms with van der Waals surface area (Å²) in [6.45, 7) is 3.14. The van der Waals surface area contributed by atoms with E-state index in [0.29, 0.717) is 11.3 Å². The molecule has 0 aliphatic rings. The standard InChI is InChI=1S/C11H12N2O5/c1-7(5-10(14)15)6-18-9-4-3-8(2)12-11(9)13(16)17/h3-5H,6H2,1-2H3,(H,14,15)/b7-5+. The number of aryl methyl sites for hydroxylation is 1. The fourth-order valence-electron chi connectivity index (χ4n) is 1.22. The molecule has 0 aromatic carbocycles. The maximum atomic E-state index is 10.8. The van der Waals surface area contributed by atoms with Crippen LogP contribution in [-0.2, 0) is 4.79 Å². The molecular weight excluding hydrogens is 240 g/mol. The van der Waals surface area contributed by atoms with Crippen molar-refractivity contribution in [2.45, 2.75) is 13.8 Å². The molecule has 7 nitrogen and oxygen atoms in total. The van der Waals surface area contributed by atoms with Crippen molar-refractivity contribution >= 4 is 11.8 Å². The van der Waals surface area contributed by atoms with E-state index in [4.69, 9.17) is 9.84 Å². The van der Waals surface area contributed by atoms with Crippen molar-refractivity contribution in [2.75, 3.05) is 6.61 Å². The predicted molar refractivity (Wildman–Crippen MR) is 62.5 cm³/mol. The molecule has 0 fully saturated rings. The quantitative estimate of drug-likeness (QED) is 0.486. The molecule has 0 atom stereocenters. The van der Waals surface area contributed by atoms with E-state index in [-0.39, 0.29) is 18.2 Å². The molecule has 0 amide bonds. The minimum Gasteiger partial charge on any atom is -0.481 e. The molecule has 18 heavy (non-hydrogen) atoms. The van der Waals surface area contributed by atoms with Crippen molar-refractivity contribution in [1.82, 2.24) is 4.98 Å². The topological polar surface area (TPSA) is 103 Å². The van der Waals surface area contributed by atoms with Gasteiger partial charge in [0.1, 0.15) is 12.3 Å². The number of carboxylic acid groups (broad SMARTS) is 1. The van der Waals surface area contributed by atoms with Crippen LogP contribution in [0.5, 0.6) is 5.75 Å². The first-order chi connectivity index (χ1) is 8.40. The summed E-state index contributed by atoms with van der Waals surface area (Å²) >= 11 is 0. The highest BCUT2D eigenvalue weighted by molar-refractivity contribution is 5.80. The molecule has 1 aromatic rings. The lowest BCUT2D eigenvalue weighted by Gasteiger charge is -2.06. The number of nitrogens with zero attached hydrogens (tertiary/aromatic N) is 2. The summed E-state index contributed by atoms with van der Waals surface area (Å²) in [7, 11) is 0. The molecule has 0 unspecified atom stereocenters. The molecule has 0 aliphatic heterocycles. The van der Waals surface area contributed by atoms with Gasteiger partial charge in [-0.1, -0.05) is 0 Å². The zero-order chi connectivity index (χ0) is 13.7. The van der Waals surface area contributed by atoms with E-state index >= 15 is 0 Å². The van der Waals surface area contributed by atoms with Gasteiger partial charge in [0.05, 0.1) is 0 Å². The van der Waals surface area contributed by atoms with Crippen LogP contribution in [0.2, 0.25) is 0 Å². The van der Waals surface area contributed by atoms with Crippen molar-refractivity contribution in [3.05, 3.63) is 39.6 Å². The number of aliphatic carboxylic acids is 1. The lowest BCUT2D eigenvalue weighted by Crippen LogP contribution is -2.05. The van der Waals surface area contributed by atoms with Gasteiger partial charge in [-0.15, -0.1) is 0 Å². The van der Waals surface area contributed by atoms with Crippen molar-refractivity contribution in [3.63, 3.8) is 0 Å². The molecule has 0 radical (unpaired) electrons. The summed E-state index contributed by atoms with van der Waals surface area (Å²) in [6, 6.07) is 3.02. The number of pyridine rings is 1. The van der Waals surface area contributed by atoms with Crippen LogP contribution in [0, 0.1) is 17.0 Å². The molecule has 1 rings (SSSR count). The molecule has 96 valence electrons. The van der Waals surface area contributed by atoms with Gasteiger partial charge in [-0.05, 0) is 34.5 Å². The van der Waals surface area contributed by atoms with Crippen molar-refractivity contribution in [1.29, 1.82) is 0 Å². The van der Waals surface area contributed by atoms with Gasteiger partial charge < -0.3 is 20.0 Å². The maximum Gasteiger partial charge on any atom is 0.406 e. The second-order valence-corrected chi connectivity index (χ2v) is 3.65. The summed E-state index contributed by atoms with van der Waals surface area (Å²) in [5.41, 5.74) is 0.948. The third kappa shape index (κ3) is 3.85. The summed E-state index contributed by atoms with van der Waals surface area (Å²) in [4.78, 5) is 24.3. The SMILES string of the molecule is C/C(=C\C(=O)O)COc1ccc(C)nc1[N+](=O)[O-]. The van der Waals surface area contributed by atoms with Crippen LogP contribution < -0.4 is 4.74 Å². The number of carboxylic acids is 1. The minimum atomic E-state index is -1.09. The Balaban J connectivity index is 2.85. The molecule has 1 aromatic heterocycles. The number of hydrogen-bond donors (Lipinski definition) is 1. The first-order valence-corrected chi connectivity index (χ1v) is 5.05. The summed E-state index contributed by atoms with van der Waals surface area (Å²) in [6.07, 6.45) is 0.980. The van der Waals surface area contributed by atoms with E-state index in [2.05, 4.69) is 4.98 Å². The average molecular weight is 252 g/mol. The summed E-state index contributed by atoms with van der Waals surface area (Å²) in [5.74, 6) is -1.45. The number of ether oxygens (including phenoxy) is 1. The van der Waals surface area contributed by atoms with Crippen LogP contribution in [0.25, 0.3) is 0 Å². The van der Waals surface area contributed by atoms with Crippen molar-refractivity contribution in [2.24, 2.45) is 0 Å². The van der Waals surface area contributed by atoms with E-state index in [1.807, 2.05) is 0 Å². The van der Waals surface area contributed by atoms with Crippen LogP contribution >= 0.6 is 0 Å². The zero-order valence-electron chi connectivity index (χ0n) is 9.91. The minimum absolute atomic E-state index is 0.0174. The van der Waals surface area contributed by atoms with Crippen molar-refractivity contribution in [3.8, 4) is 5.75 Å². The Morgan fingerprint density at radius 2 is 2.28 bits per heavy atom. The van der Waals surface area contributed by atoms with E-state index in [9.17, 15) is 14.9 Å². The van der Waals surface area contributed by atoms with Gasteiger partial charge in [0.25, 0.3) is 0 Å². The van der Waals surface area contributed by atoms with Gasteiger partial charge in [-0.25, -0.2) is 4.79 Å². The van der Waals surface area contributed by atoms with Crippen LogP contribution in [0.4, 0.5) is 5.82 Å². The number of nitro groups is 1. The second kappa shape index (κ2) is 5.76. The number of aromatic nitrogens is 1. The van der Waals surface area contributed by atoms with Gasteiger partial charge in [0.2, 0.25) is 5.75 Å². The smallest absolute Gasteiger partial charge is 0.406 e. The highest BCUT2D eigenvalue weighted by Gasteiger charge is 2.17. The number of hydrogen-bond acceptors (Lipinski definition) is 5. The van der Waals surface area contributed by atoms with Crippen LogP contribution in [0.15, 0.2) is 23.8 Å². The lowest BCUT2D eigenvalue weighted by atomic mass is 10.3. The monoisotopic (exact) mass is 252 g/mol.